The fourth-order valence-corrected chi connectivity index (χ4v) is 2.78. The van der Waals surface area contributed by atoms with E-state index < -0.39 is 0 Å². The number of aryl methyl sites for hydroxylation is 1. The van der Waals surface area contributed by atoms with Gasteiger partial charge in [-0.1, -0.05) is 0 Å². The van der Waals surface area contributed by atoms with E-state index in [0.717, 1.165) is 27.3 Å². The average Bonchev–Trinajstić information content (AvgIpc) is 2.82. The minimum atomic E-state index is 0.544. The van der Waals surface area contributed by atoms with Gasteiger partial charge in [-0.3, -0.25) is 0 Å². The third kappa shape index (κ3) is 2.10. The van der Waals surface area contributed by atoms with Crippen molar-refractivity contribution in [1.82, 2.24) is 15.0 Å². The molecule has 0 amide bonds. The van der Waals surface area contributed by atoms with Gasteiger partial charge >= 0.3 is 0 Å². The van der Waals surface area contributed by atoms with E-state index in [1.165, 1.54) is 0 Å². The minimum absolute atomic E-state index is 0.544. The monoisotopic (exact) mass is 272 g/mol. The Kier molecular flexibility index (Phi) is 3.00. The zero-order valence-corrected chi connectivity index (χ0v) is 11.4. The number of ether oxygens (including phenoxy) is 1. The van der Waals surface area contributed by atoms with E-state index >= 15 is 0 Å². The molecule has 0 aliphatic heterocycles. The molecule has 1 N–H and O–H groups in total. The predicted octanol–water partition coefficient (Wildman–Crippen LogP) is 3.15. The van der Waals surface area contributed by atoms with Crippen LogP contribution in [0.2, 0.25) is 0 Å². The first-order chi connectivity index (χ1) is 9.29. The third-order valence-electron chi connectivity index (χ3n) is 2.77. The lowest BCUT2D eigenvalue weighted by atomic mass is 10.2. The van der Waals surface area contributed by atoms with Gasteiger partial charge in [0.2, 0.25) is 5.88 Å². The summed E-state index contributed by atoms with van der Waals surface area (Å²) in [6, 6.07) is 3.76. The average molecular weight is 272 g/mol. The second-order valence-electron chi connectivity index (χ2n) is 4.01. The van der Waals surface area contributed by atoms with Gasteiger partial charge in [-0.25, -0.2) is 15.0 Å². The number of hydrogen-bond donors (Lipinski definition) is 1. The molecule has 96 valence electrons. The quantitative estimate of drug-likeness (QED) is 0.793. The second kappa shape index (κ2) is 4.81. The number of aromatic nitrogens is 3. The van der Waals surface area contributed by atoms with Crippen LogP contribution in [0.5, 0.6) is 5.88 Å². The molecule has 0 aliphatic carbocycles. The highest BCUT2D eigenvalue weighted by atomic mass is 32.1. The molecule has 0 spiro atoms. The first-order valence-corrected chi connectivity index (χ1v) is 6.62. The summed E-state index contributed by atoms with van der Waals surface area (Å²) < 4.78 is 5.23. The molecule has 0 aliphatic rings. The smallest absolute Gasteiger partial charge is 0.237 e. The van der Waals surface area contributed by atoms with Crippen LogP contribution in [0, 0.1) is 6.92 Å². The molecule has 6 heteroatoms. The summed E-state index contributed by atoms with van der Waals surface area (Å²) in [4.78, 5) is 13.7. The number of fused-ring (bicyclic) bond motifs is 1. The third-order valence-corrected chi connectivity index (χ3v) is 3.78. The van der Waals surface area contributed by atoms with Crippen molar-refractivity contribution in [2.45, 2.75) is 6.92 Å². The SMILES string of the molecule is COc1ncccc1Nc1ncnc2scc(C)c12. The van der Waals surface area contributed by atoms with E-state index in [1.807, 2.05) is 19.1 Å². The van der Waals surface area contributed by atoms with E-state index in [2.05, 4.69) is 25.6 Å². The summed E-state index contributed by atoms with van der Waals surface area (Å²) >= 11 is 1.61. The maximum atomic E-state index is 5.23. The van der Waals surface area contributed by atoms with Crippen LogP contribution in [0.15, 0.2) is 30.0 Å². The number of rotatable bonds is 3. The van der Waals surface area contributed by atoms with E-state index in [0.29, 0.717) is 5.88 Å². The van der Waals surface area contributed by atoms with Gasteiger partial charge in [0.1, 0.15) is 22.7 Å². The van der Waals surface area contributed by atoms with Crippen molar-refractivity contribution in [3.63, 3.8) is 0 Å². The van der Waals surface area contributed by atoms with Crippen LogP contribution in [0.3, 0.4) is 0 Å². The van der Waals surface area contributed by atoms with Gasteiger partial charge in [-0.05, 0) is 30.0 Å². The van der Waals surface area contributed by atoms with Gasteiger partial charge in [0.05, 0.1) is 12.5 Å². The van der Waals surface area contributed by atoms with Crippen molar-refractivity contribution in [1.29, 1.82) is 0 Å². The Bertz CT molecular complexity index is 725. The molecular formula is C13H12N4OS. The zero-order chi connectivity index (χ0) is 13.2. The molecule has 0 bridgehead atoms. The number of nitrogens with one attached hydrogen (secondary N) is 1. The first-order valence-electron chi connectivity index (χ1n) is 5.74. The number of thiophene rings is 1. The summed E-state index contributed by atoms with van der Waals surface area (Å²) in [6.07, 6.45) is 3.25. The maximum absolute atomic E-state index is 5.23. The largest absolute Gasteiger partial charge is 0.480 e. The molecule has 0 unspecified atom stereocenters. The van der Waals surface area contributed by atoms with Crippen LogP contribution in [0.4, 0.5) is 11.5 Å². The standard InChI is InChI=1S/C13H12N4OS/c1-8-6-19-13-10(8)11(15-7-16-13)17-9-4-3-5-14-12(9)18-2/h3-7H,1-2H3,(H,15,16,17). The number of pyridine rings is 1. The zero-order valence-electron chi connectivity index (χ0n) is 10.5. The lowest BCUT2D eigenvalue weighted by molar-refractivity contribution is 0.400. The van der Waals surface area contributed by atoms with E-state index in [-0.39, 0.29) is 0 Å². The summed E-state index contributed by atoms with van der Waals surface area (Å²) in [5.41, 5.74) is 1.95. The molecule has 0 radical (unpaired) electrons. The van der Waals surface area contributed by atoms with Crippen LogP contribution < -0.4 is 10.1 Å². The molecule has 5 nitrogen and oxygen atoms in total. The van der Waals surface area contributed by atoms with E-state index in [1.54, 1.807) is 31.0 Å². The Morgan fingerprint density at radius 2 is 2.16 bits per heavy atom. The molecule has 3 aromatic heterocycles. The second-order valence-corrected chi connectivity index (χ2v) is 4.86. The Hall–Kier alpha value is -2.21. The van der Waals surface area contributed by atoms with Crippen LogP contribution in [-0.2, 0) is 0 Å². The van der Waals surface area contributed by atoms with Gasteiger partial charge in [0.25, 0.3) is 0 Å². The predicted molar refractivity (Wildman–Crippen MR) is 76.2 cm³/mol. The normalized spacial score (nSPS) is 10.6. The van der Waals surface area contributed by atoms with Crippen molar-refractivity contribution >= 4 is 33.1 Å². The molecule has 0 saturated carbocycles. The van der Waals surface area contributed by atoms with Gasteiger partial charge in [0.15, 0.2) is 0 Å². The molecule has 0 saturated heterocycles. The number of hydrogen-bond acceptors (Lipinski definition) is 6. The van der Waals surface area contributed by atoms with Crippen LogP contribution in [0.1, 0.15) is 5.56 Å². The molecule has 3 rings (SSSR count). The molecule has 0 fully saturated rings. The molecule has 3 aromatic rings. The first kappa shape index (κ1) is 11.9. The summed E-state index contributed by atoms with van der Waals surface area (Å²) in [6.45, 7) is 2.05. The fraction of sp³-hybridized carbons (Fsp3) is 0.154. The van der Waals surface area contributed by atoms with Crippen LogP contribution in [-0.4, -0.2) is 22.1 Å². The van der Waals surface area contributed by atoms with Gasteiger partial charge in [-0.2, -0.15) is 0 Å². The van der Waals surface area contributed by atoms with Gasteiger partial charge in [-0.15, -0.1) is 11.3 Å². The number of nitrogens with zero attached hydrogens (tertiary/aromatic N) is 3. The molecule has 3 heterocycles. The Morgan fingerprint density at radius 3 is 3.00 bits per heavy atom. The number of methoxy groups -OCH3 is 1. The van der Waals surface area contributed by atoms with Crippen molar-refractivity contribution < 1.29 is 4.74 Å². The maximum Gasteiger partial charge on any atom is 0.237 e. The molecule has 19 heavy (non-hydrogen) atoms. The summed E-state index contributed by atoms with van der Waals surface area (Å²) in [5.74, 6) is 1.32. The van der Waals surface area contributed by atoms with Crippen molar-refractivity contribution in [3.8, 4) is 5.88 Å². The van der Waals surface area contributed by atoms with Gasteiger partial charge in [0, 0.05) is 6.20 Å². The van der Waals surface area contributed by atoms with Crippen molar-refractivity contribution in [3.05, 3.63) is 35.6 Å². The van der Waals surface area contributed by atoms with Gasteiger partial charge < -0.3 is 10.1 Å². The lowest BCUT2D eigenvalue weighted by Crippen LogP contribution is -1.99. The van der Waals surface area contributed by atoms with E-state index in [4.69, 9.17) is 4.74 Å². The Labute approximate surface area is 114 Å². The number of anilines is 2. The highest BCUT2D eigenvalue weighted by Crippen LogP contribution is 2.32. The van der Waals surface area contributed by atoms with Crippen LogP contribution in [0.25, 0.3) is 10.2 Å². The summed E-state index contributed by atoms with van der Waals surface area (Å²) in [7, 11) is 1.60. The fourth-order valence-electron chi connectivity index (χ4n) is 1.89. The van der Waals surface area contributed by atoms with Crippen molar-refractivity contribution in [2.24, 2.45) is 0 Å². The summed E-state index contributed by atoms with van der Waals surface area (Å²) in [5, 5.41) is 6.38. The molecule has 0 aromatic carbocycles. The minimum Gasteiger partial charge on any atom is -0.480 e. The lowest BCUT2D eigenvalue weighted by Gasteiger charge is -2.10. The molecule has 0 atom stereocenters. The highest BCUT2D eigenvalue weighted by molar-refractivity contribution is 7.17. The van der Waals surface area contributed by atoms with Crippen LogP contribution >= 0.6 is 11.3 Å². The topological polar surface area (TPSA) is 59.9 Å². The Balaban J connectivity index is 2.08. The highest BCUT2D eigenvalue weighted by Gasteiger charge is 2.11. The Morgan fingerprint density at radius 1 is 1.26 bits per heavy atom. The van der Waals surface area contributed by atoms with Crippen molar-refractivity contribution in [2.75, 3.05) is 12.4 Å². The van der Waals surface area contributed by atoms with E-state index in [9.17, 15) is 0 Å². The molecular weight excluding hydrogens is 260 g/mol.